The Balaban J connectivity index is 2.43. The maximum absolute atomic E-state index is 12.2. The fraction of sp³-hybridized carbons (Fsp3) is 0.154. The molecule has 2 rings (SSSR count). The van der Waals surface area contributed by atoms with Gasteiger partial charge in [-0.25, -0.2) is 0 Å². The Morgan fingerprint density at radius 2 is 1.94 bits per heavy atom. The van der Waals surface area contributed by atoms with Crippen molar-refractivity contribution in [3.8, 4) is 0 Å². The normalized spacial score (nSPS) is 10.6. The van der Waals surface area contributed by atoms with Crippen LogP contribution in [0.4, 0.5) is 0 Å². The largest absolute Gasteiger partial charge is 0.288 e. The molecule has 1 heterocycles. The minimum Gasteiger partial charge on any atom is -0.288 e. The third kappa shape index (κ3) is 2.79. The monoisotopic (exact) mass is 328 g/mol. The summed E-state index contributed by atoms with van der Waals surface area (Å²) < 4.78 is 0.976. The second kappa shape index (κ2) is 4.92. The summed E-state index contributed by atoms with van der Waals surface area (Å²) in [4.78, 5) is 14.1. The van der Waals surface area contributed by atoms with Crippen LogP contribution in [-0.2, 0) is 0 Å². The minimum absolute atomic E-state index is 0.0226. The van der Waals surface area contributed by atoms with E-state index < -0.39 is 0 Å². The fourth-order valence-corrected chi connectivity index (χ4v) is 3.37. The Morgan fingerprint density at radius 3 is 2.47 bits per heavy atom. The maximum atomic E-state index is 12.2. The summed E-state index contributed by atoms with van der Waals surface area (Å²) in [5.41, 5.74) is 1.64. The average Bonchev–Trinajstić information content (AvgIpc) is 2.57. The summed E-state index contributed by atoms with van der Waals surface area (Å²) in [7, 11) is 0. The van der Waals surface area contributed by atoms with Gasteiger partial charge in [0.25, 0.3) is 0 Å². The van der Waals surface area contributed by atoms with E-state index in [0.717, 1.165) is 19.8 Å². The van der Waals surface area contributed by atoms with Gasteiger partial charge in [-0.15, -0.1) is 11.3 Å². The van der Waals surface area contributed by atoms with Crippen LogP contribution in [0.1, 0.15) is 25.7 Å². The van der Waals surface area contributed by atoms with Crippen LogP contribution in [0, 0.1) is 13.8 Å². The molecule has 1 aromatic carbocycles. The van der Waals surface area contributed by atoms with Crippen LogP contribution in [0.3, 0.4) is 0 Å². The van der Waals surface area contributed by atoms with Crippen molar-refractivity contribution in [2.45, 2.75) is 13.8 Å². The standard InChI is InChI=1S/C13H10BrClOS/c1-7-3-9(5-10(15)4-7)13(16)12-6-11(14)8(2)17-12/h3-6H,1-2H3. The molecular formula is C13H10BrClOS. The van der Waals surface area contributed by atoms with Gasteiger partial charge in [0.05, 0.1) is 4.88 Å². The van der Waals surface area contributed by atoms with Crippen molar-refractivity contribution in [1.29, 1.82) is 0 Å². The number of thiophene rings is 1. The molecule has 0 atom stereocenters. The molecule has 0 saturated heterocycles. The van der Waals surface area contributed by atoms with Gasteiger partial charge in [0.15, 0.2) is 0 Å². The lowest BCUT2D eigenvalue weighted by molar-refractivity contribution is 0.104. The Morgan fingerprint density at radius 1 is 1.24 bits per heavy atom. The van der Waals surface area contributed by atoms with E-state index >= 15 is 0 Å². The van der Waals surface area contributed by atoms with Gasteiger partial charge in [0, 0.05) is 19.9 Å². The van der Waals surface area contributed by atoms with E-state index in [2.05, 4.69) is 15.9 Å². The van der Waals surface area contributed by atoms with Crippen LogP contribution in [0.2, 0.25) is 5.02 Å². The first-order valence-electron chi connectivity index (χ1n) is 5.05. The number of hydrogen-bond acceptors (Lipinski definition) is 2. The second-order valence-electron chi connectivity index (χ2n) is 3.86. The molecule has 17 heavy (non-hydrogen) atoms. The van der Waals surface area contributed by atoms with Crippen molar-refractivity contribution in [2.24, 2.45) is 0 Å². The topological polar surface area (TPSA) is 17.1 Å². The molecule has 88 valence electrons. The number of carbonyl (C=O) groups excluding carboxylic acids is 1. The van der Waals surface area contributed by atoms with Crippen molar-refractivity contribution >= 4 is 44.7 Å². The smallest absolute Gasteiger partial charge is 0.203 e. The van der Waals surface area contributed by atoms with Crippen molar-refractivity contribution in [2.75, 3.05) is 0 Å². The van der Waals surface area contributed by atoms with E-state index in [1.54, 1.807) is 6.07 Å². The molecular weight excluding hydrogens is 320 g/mol. The zero-order chi connectivity index (χ0) is 12.6. The number of carbonyl (C=O) groups is 1. The molecule has 4 heteroatoms. The highest BCUT2D eigenvalue weighted by atomic mass is 79.9. The highest BCUT2D eigenvalue weighted by Crippen LogP contribution is 2.28. The van der Waals surface area contributed by atoms with Crippen LogP contribution in [0.25, 0.3) is 0 Å². The number of halogens is 2. The van der Waals surface area contributed by atoms with E-state index in [-0.39, 0.29) is 5.78 Å². The van der Waals surface area contributed by atoms with Gasteiger partial charge in [0.1, 0.15) is 0 Å². The molecule has 0 aliphatic carbocycles. The van der Waals surface area contributed by atoms with Gasteiger partial charge >= 0.3 is 0 Å². The molecule has 0 spiro atoms. The molecule has 0 radical (unpaired) electrons. The lowest BCUT2D eigenvalue weighted by Gasteiger charge is -2.01. The summed E-state index contributed by atoms with van der Waals surface area (Å²) in [6.07, 6.45) is 0. The lowest BCUT2D eigenvalue weighted by Crippen LogP contribution is -1.98. The zero-order valence-electron chi connectivity index (χ0n) is 9.38. The van der Waals surface area contributed by atoms with Crippen molar-refractivity contribution in [1.82, 2.24) is 0 Å². The number of aryl methyl sites for hydroxylation is 2. The number of ketones is 1. The predicted octanol–water partition coefficient (Wildman–Crippen LogP) is 5.01. The van der Waals surface area contributed by atoms with E-state index in [9.17, 15) is 4.79 Å². The third-order valence-corrected chi connectivity index (χ3v) is 4.74. The molecule has 0 aliphatic heterocycles. The third-order valence-electron chi connectivity index (χ3n) is 2.39. The molecule has 0 aliphatic rings. The number of hydrogen-bond donors (Lipinski definition) is 0. The van der Waals surface area contributed by atoms with Gasteiger partial charge in [0.2, 0.25) is 5.78 Å². The second-order valence-corrected chi connectivity index (χ2v) is 6.41. The first kappa shape index (κ1) is 12.8. The SMILES string of the molecule is Cc1cc(Cl)cc(C(=O)c2cc(Br)c(C)s2)c1. The first-order chi connectivity index (χ1) is 7.97. The van der Waals surface area contributed by atoms with Crippen LogP contribution < -0.4 is 0 Å². The highest BCUT2D eigenvalue weighted by molar-refractivity contribution is 9.10. The summed E-state index contributed by atoms with van der Waals surface area (Å²) in [6.45, 7) is 3.91. The van der Waals surface area contributed by atoms with Crippen LogP contribution in [-0.4, -0.2) is 5.78 Å². The molecule has 1 nitrogen and oxygen atoms in total. The molecule has 0 N–H and O–H groups in total. The van der Waals surface area contributed by atoms with Gasteiger partial charge in [-0.2, -0.15) is 0 Å². The Bertz CT molecular complexity index is 549. The summed E-state index contributed by atoms with van der Waals surface area (Å²) >= 11 is 10.9. The average molecular weight is 330 g/mol. The molecule has 1 aromatic heterocycles. The molecule has 2 aromatic rings. The van der Waals surface area contributed by atoms with E-state index in [1.807, 2.05) is 32.0 Å². The van der Waals surface area contributed by atoms with Crippen molar-refractivity contribution < 1.29 is 4.79 Å². The molecule has 0 bridgehead atoms. The van der Waals surface area contributed by atoms with E-state index in [4.69, 9.17) is 11.6 Å². The van der Waals surface area contributed by atoms with Crippen LogP contribution in [0.5, 0.6) is 0 Å². The van der Waals surface area contributed by atoms with E-state index in [1.165, 1.54) is 11.3 Å². The lowest BCUT2D eigenvalue weighted by atomic mass is 10.1. The van der Waals surface area contributed by atoms with Gasteiger partial charge < -0.3 is 0 Å². The van der Waals surface area contributed by atoms with Crippen LogP contribution >= 0.6 is 38.9 Å². The fourth-order valence-electron chi connectivity index (χ4n) is 1.58. The van der Waals surface area contributed by atoms with Gasteiger partial charge in [-0.05, 0) is 59.6 Å². The molecule has 0 amide bonds. The zero-order valence-corrected chi connectivity index (χ0v) is 12.5. The first-order valence-corrected chi connectivity index (χ1v) is 7.04. The minimum atomic E-state index is 0.0226. The molecule has 0 unspecified atom stereocenters. The van der Waals surface area contributed by atoms with Gasteiger partial charge in [-0.3, -0.25) is 4.79 Å². The van der Waals surface area contributed by atoms with Crippen molar-refractivity contribution in [3.63, 3.8) is 0 Å². The van der Waals surface area contributed by atoms with Gasteiger partial charge in [-0.1, -0.05) is 11.6 Å². The highest BCUT2D eigenvalue weighted by Gasteiger charge is 2.14. The van der Waals surface area contributed by atoms with Crippen molar-refractivity contribution in [3.05, 3.63) is 54.6 Å². The summed E-state index contributed by atoms with van der Waals surface area (Å²) in [6, 6.07) is 7.27. The predicted molar refractivity (Wildman–Crippen MR) is 76.4 cm³/mol. The van der Waals surface area contributed by atoms with E-state index in [0.29, 0.717) is 10.6 Å². The Kier molecular flexibility index (Phi) is 3.71. The number of benzene rings is 1. The Labute approximate surface area is 118 Å². The Hall–Kier alpha value is -0.640. The molecule has 0 saturated carbocycles. The summed E-state index contributed by atoms with van der Waals surface area (Å²) in [5, 5.41) is 0.598. The molecule has 0 fully saturated rings. The summed E-state index contributed by atoms with van der Waals surface area (Å²) in [5.74, 6) is 0.0226. The number of rotatable bonds is 2. The maximum Gasteiger partial charge on any atom is 0.203 e. The van der Waals surface area contributed by atoms with Crippen LogP contribution in [0.15, 0.2) is 28.7 Å². The quantitative estimate of drug-likeness (QED) is 0.708.